The van der Waals surface area contributed by atoms with Crippen molar-refractivity contribution >= 4 is 5.97 Å². The van der Waals surface area contributed by atoms with Gasteiger partial charge in [0.1, 0.15) is 23.0 Å². The molecule has 0 unspecified atom stereocenters. The molecule has 180 valence electrons. The number of unbranched alkanes of at least 4 members (excludes halogenated alkanes) is 2. The molecule has 5 nitrogen and oxygen atoms in total. The van der Waals surface area contributed by atoms with Crippen molar-refractivity contribution in [3.8, 4) is 34.1 Å². The van der Waals surface area contributed by atoms with Crippen LogP contribution in [-0.2, 0) is 11.2 Å². The molecule has 0 bridgehead atoms. The number of rotatable bonds is 11. The fourth-order valence-electron chi connectivity index (χ4n) is 3.32. The summed E-state index contributed by atoms with van der Waals surface area (Å²) < 4.78 is 52.8. The van der Waals surface area contributed by atoms with Crippen LogP contribution < -0.4 is 14.2 Å². The molecule has 0 saturated carbocycles. The van der Waals surface area contributed by atoms with Crippen LogP contribution in [0.25, 0.3) is 11.1 Å². The first-order valence-electron chi connectivity index (χ1n) is 10.8. The summed E-state index contributed by atoms with van der Waals surface area (Å²) in [5, 5.41) is 9.18. The van der Waals surface area contributed by atoms with Crippen LogP contribution in [0.2, 0.25) is 0 Å². The first-order valence-corrected chi connectivity index (χ1v) is 10.8. The number of carboxylic acid groups (broad SMARTS) is 1. The monoisotopic (exact) mass is 474 g/mol. The van der Waals surface area contributed by atoms with Crippen LogP contribution in [0.1, 0.15) is 31.7 Å². The van der Waals surface area contributed by atoms with E-state index < -0.39 is 12.3 Å². The van der Waals surface area contributed by atoms with Gasteiger partial charge in [0.2, 0.25) is 0 Å². The molecule has 0 aromatic heterocycles. The average Bonchev–Trinajstić information content (AvgIpc) is 2.76. The smallest absolute Gasteiger partial charge is 0.493 e. The maximum Gasteiger partial charge on any atom is 0.573 e. The lowest BCUT2D eigenvalue weighted by molar-refractivity contribution is -0.274. The van der Waals surface area contributed by atoms with E-state index in [1.165, 1.54) is 24.3 Å². The predicted octanol–water partition coefficient (Wildman–Crippen LogP) is 7.24. The van der Waals surface area contributed by atoms with Crippen molar-refractivity contribution in [2.24, 2.45) is 0 Å². The summed E-state index contributed by atoms with van der Waals surface area (Å²) in [5.41, 5.74) is 1.96. The van der Waals surface area contributed by atoms with Crippen LogP contribution in [0.5, 0.6) is 23.0 Å². The second-order valence-electron chi connectivity index (χ2n) is 7.64. The minimum atomic E-state index is -4.75. The number of benzene rings is 3. The maximum absolute atomic E-state index is 12.4. The number of hydrogen-bond donors (Lipinski definition) is 1. The molecule has 0 atom stereocenters. The topological polar surface area (TPSA) is 65.0 Å². The zero-order valence-electron chi connectivity index (χ0n) is 18.6. The standard InChI is InChI=1S/C26H25F3O5/c1-2-3-4-12-32-23-13-18(15-25(30)31)14-24(17-23)33-22-7-5-6-20(16-22)19-8-10-21(11-9-19)34-26(27,28)29/h5-11,13-14,16-17H,2-4,12,15H2,1H3,(H,30,31). The normalized spacial score (nSPS) is 11.2. The van der Waals surface area contributed by atoms with E-state index in [1.807, 2.05) is 0 Å². The molecule has 0 amide bonds. The van der Waals surface area contributed by atoms with Crippen molar-refractivity contribution in [1.29, 1.82) is 0 Å². The Morgan fingerprint density at radius 3 is 2.26 bits per heavy atom. The van der Waals surface area contributed by atoms with Gasteiger partial charge in [0, 0.05) is 6.07 Å². The molecule has 0 radical (unpaired) electrons. The molecule has 0 aliphatic carbocycles. The third kappa shape index (κ3) is 8.03. The quantitative estimate of drug-likeness (QED) is 0.297. The Kier molecular flexibility index (Phi) is 8.40. The number of carbonyl (C=O) groups is 1. The van der Waals surface area contributed by atoms with Crippen LogP contribution in [0, 0.1) is 0 Å². The number of halogens is 3. The zero-order chi connectivity index (χ0) is 24.6. The molecule has 0 saturated heterocycles. The van der Waals surface area contributed by atoms with Crippen molar-refractivity contribution in [2.75, 3.05) is 6.61 Å². The minimum Gasteiger partial charge on any atom is -0.493 e. The zero-order valence-corrected chi connectivity index (χ0v) is 18.6. The van der Waals surface area contributed by atoms with Crippen LogP contribution in [-0.4, -0.2) is 24.0 Å². The summed E-state index contributed by atoms with van der Waals surface area (Å²) in [4.78, 5) is 11.2. The highest BCUT2D eigenvalue weighted by Gasteiger charge is 2.30. The lowest BCUT2D eigenvalue weighted by Crippen LogP contribution is -2.16. The maximum atomic E-state index is 12.4. The van der Waals surface area contributed by atoms with E-state index in [0.717, 1.165) is 24.8 Å². The molecule has 1 N–H and O–H groups in total. The van der Waals surface area contributed by atoms with Gasteiger partial charge in [-0.05, 0) is 59.5 Å². The van der Waals surface area contributed by atoms with E-state index in [4.69, 9.17) is 9.47 Å². The van der Waals surface area contributed by atoms with Gasteiger partial charge in [-0.25, -0.2) is 0 Å². The number of carboxylic acids is 1. The molecule has 3 rings (SSSR count). The molecule has 3 aromatic carbocycles. The molecule has 0 aliphatic heterocycles. The number of aliphatic carboxylic acids is 1. The molecule has 0 fully saturated rings. The molecule has 0 spiro atoms. The predicted molar refractivity (Wildman–Crippen MR) is 121 cm³/mol. The van der Waals surface area contributed by atoms with E-state index in [0.29, 0.717) is 35.0 Å². The van der Waals surface area contributed by atoms with Gasteiger partial charge in [0.25, 0.3) is 0 Å². The highest BCUT2D eigenvalue weighted by atomic mass is 19.4. The Morgan fingerprint density at radius 1 is 0.853 bits per heavy atom. The first kappa shape index (κ1) is 25.0. The van der Waals surface area contributed by atoms with E-state index in [9.17, 15) is 23.1 Å². The van der Waals surface area contributed by atoms with Crippen molar-refractivity contribution in [3.63, 3.8) is 0 Å². The van der Waals surface area contributed by atoms with E-state index in [-0.39, 0.29) is 12.2 Å². The van der Waals surface area contributed by atoms with Crippen LogP contribution >= 0.6 is 0 Å². The van der Waals surface area contributed by atoms with Crippen molar-refractivity contribution < 1.29 is 37.3 Å². The lowest BCUT2D eigenvalue weighted by Gasteiger charge is -2.13. The van der Waals surface area contributed by atoms with Crippen LogP contribution in [0.15, 0.2) is 66.7 Å². The summed E-state index contributed by atoms with van der Waals surface area (Å²) in [6, 6.07) is 17.6. The Bertz CT molecular complexity index is 1090. The largest absolute Gasteiger partial charge is 0.573 e. The van der Waals surface area contributed by atoms with Gasteiger partial charge in [0.15, 0.2) is 0 Å². The number of ether oxygens (including phenoxy) is 3. The number of alkyl halides is 3. The Balaban J connectivity index is 1.78. The highest BCUT2D eigenvalue weighted by Crippen LogP contribution is 2.32. The second kappa shape index (κ2) is 11.4. The van der Waals surface area contributed by atoms with Crippen molar-refractivity contribution in [1.82, 2.24) is 0 Å². The molecular formula is C26H25F3O5. The lowest BCUT2D eigenvalue weighted by atomic mass is 10.1. The molecule has 0 aliphatic rings. The van der Waals surface area contributed by atoms with Gasteiger partial charge in [-0.15, -0.1) is 13.2 Å². The van der Waals surface area contributed by atoms with E-state index in [2.05, 4.69) is 11.7 Å². The summed E-state index contributed by atoms with van der Waals surface area (Å²) in [6.45, 7) is 2.62. The average molecular weight is 474 g/mol. The van der Waals surface area contributed by atoms with Gasteiger partial charge in [-0.3, -0.25) is 4.79 Å². The first-order chi connectivity index (χ1) is 16.2. The SMILES string of the molecule is CCCCCOc1cc(CC(=O)O)cc(Oc2cccc(-c3ccc(OC(F)(F)F)cc3)c2)c1. The highest BCUT2D eigenvalue weighted by molar-refractivity contribution is 5.71. The molecule has 8 heteroatoms. The Morgan fingerprint density at radius 2 is 1.59 bits per heavy atom. The summed E-state index contributed by atoms with van der Waals surface area (Å²) >= 11 is 0. The third-order valence-corrected chi connectivity index (χ3v) is 4.80. The Hall–Kier alpha value is -3.68. The Labute approximate surface area is 195 Å². The fraction of sp³-hybridized carbons (Fsp3) is 0.269. The van der Waals surface area contributed by atoms with Crippen LogP contribution in [0.3, 0.4) is 0 Å². The van der Waals surface area contributed by atoms with Gasteiger partial charge in [0.05, 0.1) is 13.0 Å². The molecule has 34 heavy (non-hydrogen) atoms. The summed E-state index contributed by atoms with van der Waals surface area (Å²) in [5.74, 6) is 0.175. The molecular weight excluding hydrogens is 449 g/mol. The molecule has 3 aromatic rings. The van der Waals surface area contributed by atoms with Crippen molar-refractivity contribution in [3.05, 3.63) is 72.3 Å². The van der Waals surface area contributed by atoms with Crippen molar-refractivity contribution in [2.45, 2.75) is 39.0 Å². The van der Waals surface area contributed by atoms with Gasteiger partial charge >= 0.3 is 12.3 Å². The second-order valence-corrected chi connectivity index (χ2v) is 7.64. The summed E-state index contributed by atoms with van der Waals surface area (Å²) in [6.07, 6.45) is -1.93. The van der Waals surface area contributed by atoms with Crippen LogP contribution in [0.4, 0.5) is 13.2 Å². The van der Waals surface area contributed by atoms with E-state index >= 15 is 0 Å². The summed E-state index contributed by atoms with van der Waals surface area (Å²) in [7, 11) is 0. The minimum absolute atomic E-state index is 0.172. The van der Waals surface area contributed by atoms with Gasteiger partial charge in [-0.1, -0.05) is 44.0 Å². The van der Waals surface area contributed by atoms with E-state index in [1.54, 1.807) is 42.5 Å². The fourth-order valence-corrected chi connectivity index (χ4v) is 3.32. The molecule has 0 heterocycles. The van der Waals surface area contributed by atoms with Gasteiger partial charge < -0.3 is 19.3 Å². The third-order valence-electron chi connectivity index (χ3n) is 4.80. The number of hydrogen-bond acceptors (Lipinski definition) is 4. The van der Waals surface area contributed by atoms with Gasteiger partial charge in [-0.2, -0.15) is 0 Å².